The highest BCUT2D eigenvalue weighted by molar-refractivity contribution is 6.30. The van der Waals surface area contributed by atoms with Crippen LogP contribution in [0, 0.1) is 0 Å². The number of carbonyl (C=O) groups excluding carboxylic acids is 1. The molecule has 1 fully saturated rings. The van der Waals surface area contributed by atoms with Crippen LogP contribution in [0.3, 0.4) is 0 Å². The summed E-state index contributed by atoms with van der Waals surface area (Å²) in [4.78, 5) is 23.9. The van der Waals surface area contributed by atoms with Gasteiger partial charge < -0.3 is 10.4 Å². The molecule has 1 aromatic heterocycles. The number of amides is 1. The molecule has 6 nitrogen and oxygen atoms in total. The van der Waals surface area contributed by atoms with Gasteiger partial charge in [-0.05, 0) is 30.5 Å². The SMILES string of the molecule is O=C(O)Cn1ccc(NC(=O)C2(c3cccc(Cl)c3)CCCCC2)n1. The van der Waals surface area contributed by atoms with Gasteiger partial charge in [-0.25, -0.2) is 0 Å². The Morgan fingerprint density at radius 3 is 2.68 bits per heavy atom. The number of carbonyl (C=O) groups is 2. The van der Waals surface area contributed by atoms with E-state index >= 15 is 0 Å². The Bertz CT molecular complexity index is 781. The summed E-state index contributed by atoms with van der Waals surface area (Å²) < 4.78 is 1.28. The molecule has 132 valence electrons. The Balaban J connectivity index is 1.85. The maximum Gasteiger partial charge on any atom is 0.325 e. The lowest BCUT2D eigenvalue weighted by Crippen LogP contribution is -2.42. The molecule has 1 aliphatic rings. The van der Waals surface area contributed by atoms with E-state index in [-0.39, 0.29) is 12.5 Å². The van der Waals surface area contributed by atoms with Crippen LogP contribution in [-0.2, 0) is 21.5 Å². The van der Waals surface area contributed by atoms with Crippen LogP contribution >= 0.6 is 11.6 Å². The number of nitrogens with one attached hydrogen (secondary N) is 1. The van der Waals surface area contributed by atoms with E-state index in [1.54, 1.807) is 12.1 Å². The van der Waals surface area contributed by atoms with Gasteiger partial charge in [0.15, 0.2) is 5.82 Å². The molecule has 0 atom stereocenters. The summed E-state index contributed by atoms with van der Waals surface area (Å²) in [6.45, 7) is -0.241. The molecule has 2 aromatic rings. The number of hydrogen-bond donors (Lipinski definition) is 2. The zero-order valence-corrected chi connectivity index (χ0v) is 14.5. The number of rotatable bonds is 5. The van der Waals surface area contributed by atoms with Gasteiger partial charge in [0, 0.05) is 17.3 Å². The van der Waals surface area contributed by atoms with Crippen LogP contribution in [0.25, 0.3) is 0 Å². The van der Waals surface area contributed by atoms with E-state index in [1.165, 1.54) is 10.9 Å². The van der Waals surface area contributed by atoms with Crippen molar-refractivity contribution in [1.82, 2.24) is 9.78 Å². The fourth-order valence-electron chi connectivity index (χ4n) is 3.48. The maximum absolute atomic E-state index is 13.1. The number of anilines is 1. The molecule has 0 radical (unpaired) electrons. The Morgan fingerprint density at radius 2 is 2.00 bits per heavy atom. The van der Waals surface area contributed by atoms with Crippen molar-refractivity contribution in [3.05, 3.63) is 47.1 Å². The van der Waals surface area contributed by atoms with Gasteiger partial charge in [0.2, 0.25) is 5.91 Å². The van der Waals surface area contributed by atoms with E-state index in [9.17, 15) is 9.59 Å². The van der Waals surface area contributed by atoms with Crippen molar-refractivity contribution in [1.29, 1.82) is 0 Å². The minimum atomic E-state index is -0.983. The Kier molecular flexibility index (Phi) is 5.08. The van der Waals surface area contributed by atoms with E-state index in [2.05, 4.69) is 10.4 Å². The fraction of sp³-hybridized carbons (Fsp3) is 0.389. The molecule has 1 amide bonds. The number of nitrogens with zero attached hydrogens (tertiary/aromatic N) is 2. The summed E-state index contributed by atoms with van der Waals surface area (Å²) in [5.74, 6) is -0.739. The molecule has 1 heterocycles. The maximum atomic E-state index is 13.1. The monoisotopic (exact) mass is 361 g/mol. The lowest BCUT2D eigenvalue weighted by Gasteiger charge is -2.36. The number of aliphatic carboxylic acids is 1. The number of halogens is 1. The Hall–Kier alpha value is -2.34. The number of carboxylic acids is 1. The van der Waals surface area contributed by atoms with Gasteiger partial charge in [-0.15, -0.1) is 0 Å². The molecule has 2 N–H and O–H groups in total. The summed E-state index contributed by atoms with van der Waals surface area (Å²) >= 11 is 6.14. The average Bonchev–Trinajstić information content (AvgIpc) is 3.01. The van der Waals surface area contributed by atoms with Crippen LogP contribution < -0.4 is 5.32 Å². The van der Waals surface area contributed by atoms with Crippen LogP contribution in [0.1, 0.15) is 37.7 Å². The standard InChI is InChI=1S/C18H20ClN3O3/c19-14-6-4-5-13(11-14)18(8-2-1-3-9-18)17(25)20-15-7-10-22(21-15)12-16(23)24/h4-7,10-11H,1-3,8-9,12H2,(H,23,24)(H,20,21,25). The minimum Gasteiger partial charge on any atom is -0.480 e. The molecule has 0 saturated heterocycles. The average molecular weight is 362 g/mol. The Labute approximate surface area is 150 Å². The molecule has 0 unspecified atom stereocenters. The van der Waals surface area contributed by atoms with Crippen molar-refractivity contribution in [3.63, 3.8) is 0 Å². The van der Waals surface area contributed by atoms with Crippen LogP contribution in [0.4, 0.5) is 5.82 Å². The molecular formula is C18H20ClN3O3. The van der Waals surface area contributed by atoms with E-state index in [0.717, 1.165) is 37.7 Å². The predicted octanol–water partition coefficient (Wildman–Crippen LogP) is 3.46. The lowest BCUT2D eigenvalue weighted by molar-refractivity contribution is -0.137. The van der Waals surface area contributed by atoms with Gasteiger partial charge >= 0.3 is 5.97 Å². The first-order valence-corrected chi connectivity index (χ1v) is 8.70. The first-order valence-electron chi connectivity index (χ1n) is 8.32. The summed E-state index contributed by atoms with van der Waals surface area (Å²) in [6.07, 6.45) is 6.13. The normalized spacial score (nSPS) is 16.4. The number of hydrogen-bond acceptors (Lipinski definition) is 3. The quantitative estimate of drug-likeness (QED) is 0.854. The van der Waals surface area contributed by atoms with Crippen molar-refractivity contribution in [2.75, 3.05) is 5.32 Å². The van der Waals surface area contributed by atoms with Crippen molar-refractivity contribution in [2.24, 2.45) is 0 Å². The molecule has 7 heteroatoms. The van der Waals surface area contributed by atoms with Gasteiger partial charge in [0.05, 0.1) is 5.41 Å². The third-order valence-electron chi connectivity index (χ3n) is 4.70. The molecule has 0 spiro atoms. The molecule has 1 aliphatic carbocycles. The fourth-order valence-corrected chi connectivity index (χ4v) is 3.67. The number of carboxylic acid groups (broad SMARTS) is 1. The topological polar surface area (TPSA) is 84.2 Å². The van der Waals surface area contributed by atoms with Crippen LogP contribution in [-0.4, -0.2) is 26.8 Å². The van der Waals surface area contributed by atoms with Crippen LogP contribution in [0.5, 0.6) is 0 Å². The summed E-state index contributed by atoms with van der Waals surface area (Å²) in [7, 11) is 0. The van der Waals surface area contributed by atoms with Gasteiger partial charge in [0.1, 0.15) is 6.54 Å². The highest BCUT2D eigenvalue weighted by atomic mass is 35.5. The van der Waals surface area contributed by atoms with Crippen molar-refractivity contribution in [2.45, 2.75) is 44.1 Å². The zero-order valence-electron chi connectivity index (χ0n) is 13.7. The lowest BCUT2D eigenvalue weighted by atomic mass is 9.68. The smallest absolute Gasteiger partial charge is 0.325 e. The van der Waals surface area contributed by atoms with Gasteiger partial charge in [-0.1, -0.05) is 43.0 Å². The summed E-state index contributed by atoms with van der Waals surface area (Å²) in [5.41, 5.74) is 0.293. The second-order valence-corrected chi connectivity index (χ2v) is 6.84. The first kappa shape index (κ1) is 17.5. The van der Waals surface area contributed by atoms with E-state index in [1.807, 2.05) is 18.2 Å². The van der Waals surface area contributed by atoms with E-state index in [4.69, 9.17) is 16.7 Å². The van der Waals surface area contributed by atoms with Crippen LogP contribution in [0.2, 0.25) is 5.02 Å². The molecule has 1 saturated carbocycles. The van der Waals surface area contributed by atoms with Crippen molar-refractivity contribution < 1.29 is 14.7 Å². The highest BCUT2D eigenvalue weighted by Crippen LogP contribution is 2.41. The van der Waals surface area contributed by atoms with Gasteiger partial charge in [0.25, 0.3) is 0 Å². The largest absolute Gasteiger partial charge is 0.480 e. The Morgan fingerprint density at radius 1 is 1.24 bits per heavy atom. The molecule has 25 heavy (non-hydrogen) atoms. The molecular weight excluding hydrogens is 342 g/mol. The number of benzene rings is 1. The summed E-state index contributed by atoms with van der Waals surface area (Å²) in [5, 5.41) is 16.4. The van der Waals surface area contributed by atoms with Crippen molar-refractivity contribution >= 4 is 29.3 Å². The third kappa shape index (κ3) is 3.85. The minimum absolute atomic E-state index is 0.116. The van der Waals surface area contributed by atoms with Crippen molar-refractivity contribution in [3.8, 4) is 0 Å². The van der Waals surface area contributed by atoms with Gasteiger partial charge in [-0.2, -0.15) is 5.10 Å². The molecule has 0 bridgehead atoms. The second-order valence-electron chi connectivity index (χ2n) is 6.40. The zero-order chi connectivity index (χ0) is 17.9. The summed E-state index contributed by atoms with van der Waals surface area (Å²) in [6, 6.07) is 9.07. The first-order chi connectivity index (χ1) is 12.0. The number of aromatic nitrogens is 2. The predicted molar refractivity (Wildman–Crippen MR) is 94.7 cm³/mol. The molecule has 1 aromatic carbocycles. The third-order valence-corrected chi connectivity index (χ3v) is 4.93. The van der Waals surface area contributed by atoms with Crippen LogP contribution in [0.15, 0.2) is 36.5 Å². The molecule has 0 aliphatic heterocycles. The van der Waals surface area contributed by atoms with E-state index in [0.29, 0.717) is 10.8 Å². The highest BCUT2D eigenvalue weighted by Gasteiger charge is 2.41. The van der Waals surface area contributed by atoms with E-state index < -0.39 is 11.4 Å². The second kappa shape index (κ2) is 7.27. The molecule has 3 rings (SSSR count). The van der Waals surface area contributed by atoms with Gasteiger partial charge in [-0.3, -0.25) is 14.3 Å².